The first-order valence-electron chi connectivity index (χ1n) is 10.0. The Bertz CT molecular complexity index is 1090. The maximum absolute atomic E-state index is 13.0. The van der Waals surface area contributed by atoms with Crippen LogP contribution in [0.25, 0.3) is 0 Å². The molecule has 0 amide bonds. The molecule has 170 valence electrons. The Morgan fingerprint density at radius 2 is 1.48 bits per heavy atom. The standard InChI is InChI=1S/C21H29N3O5S2/c1-23(2)31(27,28)19-10-8-18(9-11-19)30(25,26)22-20-6-4-5-7-21(20)24(3)16-17-12-14-29-15-13-17/h4-11,17,22H,12-16H2,1-3H3. The molecule has 2 aromatic rings. The lowest BCUT2D eigenvalue weighted by molar-refractivity contribution is 0.0685. The van der Waals surface area contributed by atoms with E-state index in [2.05, 4.69) is 9.62 Å². The molecule has 0 saturated carbocycles. The fourth-order valence-corrected chi connectivity index (χ4v) is 5.49. The Labute approximate surface area is 184 Å². The van der Waals surface area contributed by atoms with E-state index < -0.39 is 20.0 Å². The molecule has 1 N–H and O–H groups in total. The van der Waals surface area contributed by atoms with Gasteiger partial charge in [0.15, 0.2) is 0 Å². The highest BCUT2D eigenvalue weighted by Crippen LogP contribution is 2.29. The summed E-state index contributed by atoms with van der Waals surface area (Å²) in [6.45, 7) is 2.32. The van der Waals surface area contributed by atoms with Gasteiger partial charge < -0.3 is 9.64 Å². The summed E-state index contributed by atoms with van der Waals surface area (Å²) in [7, 11) is -2.72. The molecule has 1 aliphatic rings. The highest BCUT2D eigenvalue weighted by atomic mass is 32.2. The van der Waals surface area contributed by atoms with Crippen LogP contribution in [0, 0.1) is 5.92 Å². The maximum atomic E-state index is 13.0. The number of ether oxygens (including phenoxy) is 1. The van der Waals surface area contributed by atoms with Crippen LogP contribution in [0.1, 0.15) is 12.8 Å². The van der Waals surface area contributed by atoms with E-state index in [1.165, 1.54) is 38.4 Å². The summed E-state index contributed by atoms with van der Waals surface area (Å²) in [5.41, 5.74) is 1.26. The number of nitrogens with one attached hydrogen (secondary N) is 1. The number of sulfonamides is 2. The summed E-state index contributed by atoms with van der Waals surface area (Å²) in [6, 6.07) is 12.4. The summed E-state index contributed by atoms with van der Waals surface area (Å²) in [5.74, 6) is 0.495. The molecule has 1 fully saturated rings. The SMILES string of the molecule is CN(CC1CCOCC1)c1ccccc1NS(=O)(=O)c1ccc(S(=O)(=O)N(C)C)cc1. The zero-order chi connectivity index (χ0) is 22.6. The van der Waals surface area contributed by atoms with Gasteiger partial charge in [-0.05, 0) is 55.2 Å². The quantitative estimate of drug-likeness (QED) is 0.641. The molecule has 0 bridgehead atoms. The van der Waals surface area contributed by atoms with Gasteiger partial charge in [0.25, 0.3) is 10.0 Å². The number of hydrogen-bond acceptors (Lipinski definition) is 6. The van der Waals surface area contributed by atoms with E-state index >= 15 is 0 Å². The van der Waals surface area contributed by atoms with Crippen molar-refractivity contribution >= 4 is 31.4 Å². The number of rotatable bonds is 8. The number of nitrogens with zero attached hydrogens (tertiary/aromatic N) is 2. The van der Waals surface area contributed by atoms with Crippen LogP contribution in [-0.4, -0.2) is 62.0 Å². The predicted molar refractivity (Wildman–Crippen MR) is 121 cm³/mol. The molecule has 3 rings (SSSR count). The summed E-state index contributed by atoms with van der Waals surface area (Å²) in [4.78, 5) is 2.08. The van der Waals surface area contributed by atoms with Crippen molar-refractivity contribution in [1.29, 1.82) is 0 Å². The van der Waals surface area contributed by atoms with E-state index in [-0.39, 0.29) is 9.79 Å². The summed E-state index contributed by atoms with van der Waals surface area (Å²) < 4.78 is 59.5. The molecule has 1 saturated heterocycles. The van der Waals surface area contributed by atoms with Gasteiger partial charge in [0.05, 0.1) is 21.2 Å². The normalized spacial score (nSPS) is 15.7. The summed E-state index contributed by atoms with van der Waals surface area (Å²) >= 11 is 0. The van der Waals surface area contributed by atoms with Gasteiger partial charge in [-0.2, -0.15) is 0 Å². The first-order chi connectivity index (χ1) is 14.6. The van der Waals surface area contributed by atoms with Gasteiger partial charge in [-0.1, -0.05) is 12.1 Å². The monoisotopic (exact) mass is 467 g/mol. The molecular weight excluding hydrogens is 438 g/mol. The average Bonchev–Trinajstić information content (AvgIpc) is 2.74. The second-order valence-electron chi connectivity index (χ2n) is 7.82. The van der Waals surface area contributed by atoms with Crippen molar-refractivity contribution in [3.63, 3.8) is 0 Å². The largest absolute Gasteiger partial charge is 0.381 e. The molecule has 0 atom stereocenters. The van der Waals surface area contributed by atoms with Gasteiger partial charge in [-0.25, -0.2) is 21.1 Å². The lowest BCUT2D eigenvalue weighted by atomic mass is 9.99. The van der Waals surface area contributed by atoms with E-state index in [0.717, 1.165) is 42.6 Å². The van der Waals surface area contributed by atoms with E-state index in [9.17, 15) is 16.8 Å². The smallest absolute Gasteiger partial charge is 0.261 e. The molecule has 0 radical (unpaired) electrons. The molecule has 0 unspecified atom stereocenters. The van der Waals surface area contributed by atoms with Crippen molar-refractivity contribution in [2.24, 2.45) is 5.92 Å². The van der Waals surface area contributed by atoms with Crippen LogP contribution in [0.15, 0.2) is 58.3 Å². The summed E-state index contributed by atoms with van der Waals surface area (Å²) in [6.07, 6.45) is 1.97. The van der Waals surface area contributed by atoms with Crippen LogP contribution in [-0.2, 0) is 24.8 Å². The molecule has 1 aliphatic heterocycles. The molecule has 10 heteroatoms. The molecule has 1 heterocycles. The number of anilines is 2. The minimum Gasteiger partial charge on any atom is -0.381 e. The van der Waals surface area contributed by atoms with Crippen molar-refractivity contribution in [2.75, 3.05) is 50.5 Å². The number of para-hydroxylation sites is 2. The van der Waals surface area contributed by atoms with Gasteiger partial charge in [0.2, 0.25) is 10.0 Å². The van der Waals surface area contributed by atoms with E-state index in [4.69, 9.17) is 4.74 Å². The van der Waals surface area contributed by atoms with Gasteiger partial charge in [-0.15, -0.1) is 0 Å². The Morgan fingerprint density at radius 1 is 0.903 bits per heavy atom. The molecule has 31 heavy (non-hydrogen) atoms. The van der Waals surface area contributed by atoms with Gasteiger partial charge in [0.1, 0.15) is 0 Å². The fraction of sp³-hybridized carbons (Fsp3) is 0.429. The maximum Gasteiger partial charge on any atom is 0.261 e. The van der Waals surface area contributed by atoms with Crippen LogP contribution >= 0.6 is 0 Å². The van der Waals surface area contributed by atoms with Crippen molar-refractivity contribution < 1.29 is 21.6 Å². The fourth-order valence-electron chi connectivity index (χ4n) is 3.51. The van der Waals surface area contributed by atoms with Crippen molar-refractivity contribution in [3.05, 3.63) is 48.5 Å². The first kappa shape index (κ1) is 23.5. The zero-order valence-electron chi connectivity index (χ0n) is 18.0. The minimum absolute atomic E-state index is 0.00732. The van der Waals surface area contributed by atoms with Crippen LogP contribution < -0.4 is 9.62 Å². The molecule has 0 spiro atoms. The molecule has 0 aromatic heterocycles. The van der Waals surface area contributed by atoms with E-state index in [0.29, 0.717) is 11.6 Å². The van der Waals surface area contributed by atoms with Crippen molar-refractivity contribution in [1.82, 2.24) is 4.31 Å². The lowest BCUT2D eigenvalue weighted by Gasteiger charge is -2.29. The second-order valence-corrected chi connectivity index (χ2v) is 11.7. The van der Waals surface area contributed by atoms with E-state index in [1.807, 2.05) is 19.2 Å². The Hall–Kier alpha value is -2.14. The third-order valence-corrected chi connectivity index (χ3v) is 8.56. The minimum atomic E-state index is -3.89. The first-order valence-corrected chi connectivity index (χ1v) is 13.0. The molecule has 8 nitrogen and oxygen atoms in total. The van der Waals surface area contributed by atoms with Gasteiger partial charge >= 0.3 is 0 Å². The van der Waals surface area contributed by atoms with Gasteiger partial charge in [-0.3, -0.25) is 4.72 Å². The number of hydrogen-bond donors (Lipinski definition) is 1. The zero-order valence-corrected chi connectivity index (χ0v) is 19.6. The Balaban J connectivity index is 1.80. The average molecular weight is 468 g/mol. The highest BCUT2D eigenvalue weighted by Gasteiger charge is 2.22. The summed E-state index contributed by atoms with van der Waals surface area (Å²) in [5, 5.41) is 0. The Kier molecular flexibility index (Phi) is 7.25. The molecule has 0 aliphatic carbocycles. The van der Waals surface area contributed by atoms with E-state index in [1.54, 1.807) is 12.1 Å². The number of benzene rings is 2. The molecule has 2 aromatic carbocycles. The van der Waals surface area contributed by atoms with Crippen LogP contribution in [0.3, 0.4) is 0 Å². The van der Waals surface area contributed by atoms with Crippen LogP contribution in [0.5, 0.6) is 0 Å². The van der Waals surface area contributed by atoms with Crippen LogP contribution in [0.2, 0.25) is 0 Å². The molecular formula is C21H29N3O5S2. The van der Waals surface area contributed by atoms with Crippen molar-refractivity contribution in [2.45, 2.75) is 22.6 Å². The third kappa shape index (κ3) is 5.57. The lowest BCUT2D eigenvalue weighted by Crippen LogP contribution is -2.30. The second kappa shape index (κ2) is 9.56. The van der Waals surface area contributed by atoms with Crippen LogP contribution in [0.4, 0.5) is 11.4 Å². The van der Waals surface area contributed by atoms with Gasteiger partial charge in [0, 0.05) is 40.9 Å². The van der Waals surface area contributed by atoms with Crippen molar-refractivity contribution in [3.8, 4) is 0 Å². The predicted octanol–water partition coefficient (Wildman–Crippen LogP) is 2.60. The third-order valence-electron chi connectivity index (χ3n) is 5.35. The highest BCUT2D eigenvalue weighted by molar-refractivity contribution is 7.92. The topological polar surface area (TPSA) is 96.0 Å². The Morgan fingerprint density at radius 3 is 2.10 bits per heavy atom.